The summed E-state index contributed by atoms with van der Waals surface area (Å²) >= 11 is 5.58. The molecule has 1 aliphatic heterocycles. The van der Waals surface area contributed by atoms with Crippen LogP contribution in [0.4, 0.5) is 4.39 Å². The van der Waals surface area contributed by atoms with Crippen LogP contribution in [0.5, 0.6) is 0 Å². The molecule has 1 heterocycles. The molecule has 0 aliphatic carbocycles. The number of ether oxygens (including phenoxy) is 1. The second-order valence-electron chi connectivity index (χ2n) is 5.02. The highest BCUT2D eigenvalue weighted by Gasteiger charge is 2.24. The molecular weight excluding hydrogens is 281 g/mol. The van der Waals surface area contributed by atoms with Crippen molar-refractivity contribution < 1.29 is 13.9 Å². The molecule has 0 radical (unpaired) electrons. The van der Waals surface area contributed by atoms with Crippen LogP contribution in [0.1, 0.15) is 28.8 Å². The van der Waals surface area contributed by atoms with Gasteiger partial charge in [-0.3, -0.25) is 4.79 Å². The van der Waals surface area contributed by atoms with Crippen molar-refractivity contribution in [2.24, 2.45) is 0 Å². The van der Waals surface area contributed by atoms with Gasteiger partial charge in [-0.25, -0.2) is 4.39 Å². The number of halogens is 2. The number of carbonyl (C=O) groups excluding carboxylic acids is 1. The van der Waals surface area contributed by atoms with Gasteiger partial charge in [-0.2, -0.15) is 0 Å². The minimum Gasteiger partial charge on any atom is -0.377 e. The van der Waals surface area contributed by atoms with Gasteiger partial charge in [0.1, 0.15) is 5.82 Å². The third kappa shape index (κ3) is 3.70. The standard InChI is InChI=1S/C15H19ClFNO2/c1-11-2-3-12(10-14(11)17)15(19)18-7-4-13(5-8-18)20-9-6-16/h2-3,10,13H,4-9H2,1H3. The highest BCUT2D eigenvalue weighted by Crippen LogP contribution is 2.17. The lowest BCUT2D eigenvalue weighted by molar-refractivity contribution is 0.0154. The molecule has 2 rings (SSSR count). The number of amides is 1. The lowest BCUT2D eigenvalue weighted by atomic mass is 10.1. The molecule has 1 aromatic rings. The molecule has 1 aromatic carbocycles. The van der Waals surface area contributed by atoms with Gasteiger partial charge >= 0.3 is 0 Å². The molecule has 0 spiro atoms. The zero-order chi connectivity index (χ0) is 14.5. The Hall–Kier alpha value is -1.13. The van der Waals surface area contributed by atoms with Crippen LogP contribution < -0.4 is 0 Å². The summed E-state index contributed by atoms with van der Waals surface area (Å²) in [6.45, 7) is 3.51. The van der Waals surface area contributed by atoms with E-state index in [1.54, 1.807) is 24.0 Å². The molecule has 0 saturated carbocycles. The molecule has 1 saturated heterocycles. The fourth-order valence-electron chi connectivity index (χ4n) is 2.35. The zero-order valence-corrected chi connectivity index (χ0v) is 12.3. The van der Waals surface area contributed by atoms with E-state index in [2.05, 4.69) is 0 Å². The van der Waals surface area contributed by atoms with E-state index < -0.39 is 0 Å². The van der Waals surface area contributed by atoms with Crippen molar-refractivity contribution in [3.8, 4) is 0 Å². The monoisotopic (exact) mass is 299 g/mol. The van der Waals surface area contributed by atoms with Crippen LogP contribution in [-0.4, -0.2) is 42.5 Å². The molecule has 3 nitrogen and oxygen atoms in total. The first-order valence-electron chi connectivity index (χ1n) is 6.85. The Morgan fingerprint density at radius 3 is 2.75 bits per heavy atom. The van der Waals surface area contributed by atoms with Crippen molar-refractivity contribution in [1.82, 2.24) is 4.90 Å². The summed E-state index contributed by atoms with van der Waals surface area (Å²) in [5.74, 6) is 0.0396. The molecule has 1 aliphatic rings. The van der Waals surface area contributed by atoms with Crippen molar-refractivity contribution in [3.63, 3.8) is 0 Å². The van der Waals surface area contributed by atoms with Gasteiger partial charge in [0.2, 0.25) is 0 Å². The zero-order valence-electron chi connectivity index (χ0n) is 11.6. The summed E-state index contributed by atoms with van der Waals surface area (Å²) in [5.41, 5.74) is 0.961. The van der Waals surface area contributed by atoms with E-state index in [1.807, 2.05) is 0 Å². The van der Waals surface area contributed by atoms with Crippen LogP contribution in [0, 0.1) is 12.7 Å². The van der Waals surface area contributed by atoms with E-state index in [-0.39, 0.29) is 17.8 Å². The smallest absolute Gasteiger partial charge is 0.253 e. The van der Waals surface area contributed by atoms with Crippen LogP contribution in [0.15, 0.2) is 18.2 Å². The highest BCUT2D eigenvalue weighted by atomic mass is 35.5. The summed E-state index contributed by atoms with van der Waals surface area (Å²) in [4.78, 5) is 14.0. The van der Waals surface area contributed by atoms with Crippen molar-refractivity contribution in [3.05, 3.63) is 35.1 Å². The molecule has 5 heteroatoms. The SMILES string of the molecule is Cc1ccc(C(=O)N2CCC(OCCCl)CC2)cc1F. The van der Waals surface area contributed by atoms with Gasteiger partial charge in [0, 0.05) is 24.5 Å². The molecular formula is C15H19ClFNO2. The van der Waals surface area contributed by atoms with Gasteiger partial charge in [0.25, 0.3) is 5.91 Å². The van der Waals surface area contributed by atoms with Gasteiger partial charge in [0.15, 0.2) is 0 Å². The average molecular weight is 300 g/mol. The van der Waals surface area contributed by atoms with Crippen LogP contribution in [0.25, 0.3) is 0 Å². The third-order valence-electron chi connectivity index (χ3n) is 3.58. The van der Waals surface area contributed by atoms with Gasteiger partial charge in [-0.15, -0.1) is 11.6 Å². The lowest BCUT2D eigenvalue weighted by Crippen LogP contribution is -2.41. The number of rotatable bonds is 4. The largest absolute Gasteiger partial charge is 0.377 e. The molecule has 1 fully saturated rings. The molecule has 110 valence electrons. The number of aryl methyl sites for hydroxylation is 1. The second kappa shape index (κ2) is 7.04. The number of nitrogens with zero attached hydrogens (tertiary/aromatic N) is 1. The molecule has 0 atom stereocenters. The number of hydrogen-bond acceptors (Lipinski definition) is 2. The van der Waals surface area contributed by atoms with Gasteiger partial charge in [-0.05, 0) is 37.5 Å². The van der Waals surface area contributed by atoms with Crippen LogP contribution in [-0.2, 0) is 4.74 Å². The molecule has 0 unspecified atom stereocenters. The topological polar surface area (TPSA) is 29.5 Å². The van der Waals surface area contributed by atoms with E-state index in [9.17, 15) is 9.18 Å². The number of hydrogen-bond donors (Lipinski definition) is 0. The number of carbonyl (C=O) groups is 1. The van der Waals surface area contributed by atoms with Gasteiger partial charge in [0.05, 0.1) is 12.7 Å². The van der Waals surface area contributed by atoms with Crippen LogP contribution >= 0.6 is 11.6 Å². The number of likely N-dealkylation sites (tertiary alicyclic amines) is 1. The Labute approximate surface area is 123 Å². The lowest BCUT2D eigenvalue weighted by Gasteiger charge is -2.32. The molecule has 20 heavy (non-hydrogen) atoms. The maximum atomic E-state index is 13.5. The van der Waals surface area contributed by atoms with Gasteiger partial charge in [-0.1, -0.05) is 6.07 Å². The van der Waals surface area contributed by atoms with Crippen molar-refractivity contribution >= 4 is 17.5 Å². The maximum Gasteiger partial charge on any atom is 0.253 e. The van der Waals surface area contributed by atoms with E-state index in [4.69, 9.17) is 16.3 Å². The summed E-state index contributed by atoms with van der Waals surface area (Å²) in [5, 5.41) is 0. The molecule has 1 amide bonds. The molecule has 0 N–H and O–H groups in total. The number of piperidine rings is 1. The quantitative estimate of drug-likeness (QED) is 0.800. The van der Waals surface area contributed by atoms with Crippen molar-refractivity contribution in [2.75, 3.05) is 25.6 Å². The summed E-state index contributed by atoms with van der Waals surface area (Å²) in [7, 11) is 0. The second-order valence-corrected chi connectivity index (χ2v) is 5.39. The van der Waals surface area contributed by atoms with E-state index in [1.165, 1.54) is 6.07 Å². The van der Waals surface area contributed by atoms with Crippen LogP contribution in [0.2, 0.25) is 0 Å². The fraction of sp³-hybridized carbons (Fsp3) is 0.533. The Bertz CT molecular complexity index is 473. The fourth-order valence-corrected chi connectivity index (χ4v) is 2.43. The predicted octanol–water partition coefficient (Wildman–Crippen LogP) is 2.99. The van der Waals surface area contributed by atoms with Crippen molar-refractivity contribution in [2.45, 2.75) is 25.9 Å². The van der Waals surface area contributed by atoms with Crippen molar-refractivity contribution in [1.29, 1.82) is 0 Å². The van der Waals surface area contributed by atoms with Crippen LogP contribution in [0.3, 0.4) is 0 Å². The highest BCUT2D eigenvalue weighted by molar-refractivity contribution is 6.17. The summed E-state index contributed by atoms with van der Waals surface area (Å²) < 4.78 is 19.1. The minimum atomic E-state index is -0.337. The predicted molar refractivity (Wildman–Crippen MR) is 76.7 cm³/mol. The Kier molecular flexibility index (Phi) is 5.38. The molecule has 0 bridgehead atoms. The maximum absolute atomic E-state index is 13.5. The third-order valence-corrected chi connectivity index (χ3v) is 3.73. The minimum absolute atomic E-state index is 0.111. The summed E-state index contributed by atoms with van der Waals surface area (Å²) in [6.07, 6.45) is 1.78. The van der Waals surface area contributed by atoms with Gasteiger partial charge < -0.3 is 9.64 Å². The molecule has 0 aromatic heterocycles. The first-order valence-corrected chi connectivity index (χ1v) is 7.38. The Balaban J connectivity index is 1.92. The van der Waals surface area contributed by atoms with E-state index in [0.29, 0.717) is 36.7 Å². The normalized spacial score (nSPS) is 16.4. The van der Waals surface area contributed by atoms with E-state index in [0.717, 1.165) is 12.8 Å². The first kappa shape index (κ1) is 15.3. The average Bonchev–Trinajstić information content (AvgIpc) is 2.48. The Morgan fingerprint density at radius 1 is 1.45 bits per heavy atom. The number of alkyl halides is 1. The first-order chi connectivity index (χ1) is 9.61. The number of benzene rings is 1. The Morgan fingerprint density at radius 2 is 2.15 bits per heavy atom. The van der Waals surface area contributed by atoms with E-state index >= 15 is 0 Å². The summed E-state index contributed by atoms with van der Waals surface area (Å²) in [6, 6.07) is 4.63.